The van der Waals surface area contributed by atoms with Crippen LogP contribution in [0.15, 0.2) is 30.3 Å². The highest BCUT2D eigenvalue weighted by molar-refractivity contribution is 5.86. The van der Waals surface area contributed by atoms with Crippen molar-refractivity contribution in [3.63, 3.8) is 0 Å². The minimum atomic E-state index is -0.884. The number of carbonyl (C=O) groups excluding carboxylic acids is 1. The standard InChI is InChI=1S/C16H26N2O2/c1-5-15(2,3)20-12-11-16(18-4,14(17)19)13-9-7-6-8-10-13/h6-10,18H,5,11-12H2,1-4H3,(H2,17,19). The molecule has 0 saturated heterocycles. The molecule has 0 spiro atoms. The molecule has 4 heteroatoms. The second-order valence-electron chi connectivity index (χ2n) is 5.60. The molecule has 0 fully saturated rings. The third-order valence-electron chi connectivity index (χ3n) is 3.94. The van der Waals surface area contributed by atoms with Gasteiger partial charge in [-0.05, 0) is 32.9 Å². The Morgan fingerprint density at radius 2 is 1.90 bits per heavy atom. The van der Waals surface area contributed by atoms with Crippen molar-refractivity contribution in [2.45, 2.75) is 44.8 Å². The third-order valence-corrected chi connectivity index (χ3v) is 3.94. The monoisotopic (exact) mass is 278 g/mol. The summed E-state index contributed by atoms with van der Waals surface area (Å²) in [7, 11) is 1.75. The lowest BCUT2D eigenvalue weighted by molar-refractivity contribution is -0.126. The van der Waals surface area contributed by atoms with Crippen molar-refractivity contribution < 1.29 is 9.53 Å². The molecule has 1 amide bonds. The van der Waals surface area contributed by atoms with Crippen LogP contribution in [-0.4, -0.2) is 25.2 Å². The minimum absolute atomic E-state index is 0.187. The van der Waals surface area contributed by atoms with Gasteiger partial charge in [0.25, 0.3) is 0 Å². The van der Waals surface area contributed by atoms with E-state index >= 15 is 0 Å². The SMILES string of the molecule is CCC(C)(C)OCCC(NC)(C(N)=O)c1ccccc1. The predicted molar refractivity (Wildman–Crippen MR) is 81.3 cm³/mol. The van der Waals surface area contributed by atoms with E-state index in [4.69, 9.17) is 10.5 Å². The third kappa shape index (κ3) is 3.81. The van der Waals surface area contributed by atoms with Crippen molar-refractivity contribution >= 4 is 5.91 Å². The van der Waals surface area contributed by atoms with E-state index in [1.54, 1.807) is 7.05 Å². The van der Waals surface area contributed by atoms with Crippen molar-refractivity contribution in [3.05, 3.63) is 35.9 Å². The van der Waals surface area contributed by atoms with Crippen LogP contribution < -0.4 is 11.1 Å². The zero-order valence-corrected chi connectivity index (χ0v) is 12.9. The number of primary amides is 1. The van der Waals surface area contributed by atoms with E-state index in [0.29, 0.717) is 13.0 Å². The number of rotatable bonds is 8. The smallest absolute Gasteiger partial charge is 0.242 e. The predicted octanol–water partition coefficient (Wildman–Crippen LogP) is 2.18. The van der Waals surface area contributed by atoms with Crippen LogP contribution in [0.4, 0.5) is 0 Å². The Kier molecular flexibility index (Phi) is 5.72. The maximum atomic E-state index is 12.0. The van der Waals surface area contributed by atoms with Gasteiger partial charge in [-0.2, -0.15) is 0 Å². The summed E-state index contributed by atoms with van der Waals surface area (Å²) in [6.45, 7) is 6.64. The molecular formula is C16H26N2O2. The molecule has 1 rings (SSSR count). The van der Waals surface area contributed by atoms with E-state index in [1.165, 1.54) is 0 Å². The summed E-state index contributed by atoms with van der Waals surface area (Å²) in [6.07, 6.45) is 1.42. The summed E-state index contributed by atoms with van der Waals surface area (Å²) >= 11 is 0. The number of benzene rings is 1. The lowest BCUT2D eigenvalue weighted by atomic mass is 9.86. The molecule has 1 aromatic carbocycles. The van der Waals surface area contributed by atoms with E-state index in [-0.39, 0.29) is 11.5 Å². The highest BCUT2D eigenvalue weighted by Gasteiger charge is 2.37. The van der Waals surface area contributed by atoms with Crippen LogP contribution in [0.2, 0.25) is 0 Å². The molecule has 0 aliphatic heterocycles. The van der Waals surface area contributed by atoms with Crippen molar-refractivity contribution in [1.82, 2.24) is 5.32 Å². The van der Waals surface area contributed by atoms with Crippen LogP contribution in [0.3, 0.4) is 0 Å². The topological polar surface area (TPSA) is 64.3 Å². The number of nitrogens with one attached hydrogen (secondary N) is 1. The molecule has 1 aromatic rings. The highest BCUT2D eigenvalue weighted by atomic mass is 16.5. The summed E-state index contributed by atoms with van der Waals surface area (Å²) < 4.78 is 5.86. The number of hydrogen-bond acceptors (Lipinski definition) is 3. The quantitative estimate of drug-likeness (QED) is 0.766. The summed E-state index contributed by atoms with van der Waals surface area (Å²) in [5.74, 6) is -0.385. The van der Waals surface area contributed by atoms with Crippen molar-refractivity contribution in [2.24, 2.45) is 5.73 Å². The fraction of sp³-hybridized carbons (Fsp3) is 0.562. The Morgan fingerprint density at radius 3 is 2.35 bits per heavy atom. The molecule has 0 aliphatic carbocycles. The zero-order chi connectivity index (χ0) is 15.2. The molecule has 0 saturated carbocycles. The van der Waals surface area contributed by atoms with Gasteiger partial charge < -0.3 is 15.8 Å². The molecule has 0 aromatic heterocycles. The first-order valence-corrected chi connectivity index (χ1v) is 7.06. The molecule has 1 unspecified atom stereocenters. The Balaban J connectivity index is 2.89. The first-order valence-electron chi connectivity index (χ1n) is 7.06. The maximum Gasteiger partial charge on any atom is 0.242 e. The first-order chi connectivity index (χ1) is 9.38. The Morgan fingerprint density at radius 1 is 1.30 bits per heavy atom. The average molecular weight is 278 g/mol. The normalized spacial score (nSPS) is 14.8. The van der Waals surface area contributed by atoms with Gasteiger partial charge in [-0.15, -0.1) is 0 Å². The second-order valence-corrected chi connectivity index (χ2v) is 5.60. The molecule has 0 radical (unpaired) electrons. The number of ether oxygens (including phenoxy) is 1. The largest absolute Gasteiger partial charge is 0.375 e. The van der Waals surface area contributed by atoms with E-state index in [2.05, 4.69) is 12.2 Å². The summed E-state index contributed by atoms with van der Waals surface area (Å²) in [5.41, 5.74) is 5.44. The first kappa shape index (κ1) is 16.7. The van der Waals surface area contributed by atoms with E-state index in [0.717, 1.165) is 12.0 Å². The van der Waals surface area contributed by atoms with Gasteiger partial charge in [-0.1, -0.05) is 37.3 Å². The molecule has 4 nitrogen and oxygen atoms in total. The average Bonchev–Trinajstić information content (AvgIpc) is 2.44. The second kappa shape index (κ2) is 6.86. The highest BCUT2D eigenvalue weighted by Crippen LogP contribution is 2.26. The molecule has 20 heavy (non-hydrogen) atoms. The van der Waals surface area contributed by atoms with Gasteiger partial charge in [0.1, 0.15) is 5.54 Å². The number of carbonyl (C=O) groups is 1. The van der Waals surface area contributed by atoms with Crippen LogP contribution >= 0.6 is 0 Å². The summed E-state index contributed by atoms with van der Waals surface area (Å²) in [5, 5.41) is 3.08. The summed E-state index contributed by atoms with van der Waals surface area (Å²) in [6, 6.07) is 9.54. The van der Waals surface area contributed by atoms with E-state index in [1.807, 2.05) is 44.2 Å². The molecule has 3 N–H and O–H groups in total. The van der Waals surface area contributed by atoms with Crippen LogP contribution in [0.5, 0.6) is 0 Å². The van der Waals surface area contributed by atoms with Gasteiger partial charge in [0.05, 0.1) is 5.60 Å². The van der Waals surface area contributed by atoms with Gasteiger partial charge >= 0.3 is 0 Å². The zero-order valence-electron chi connectivity index (χ0n) is 12.9. The fourth-order valence-corrected chi connectivity index (χ4v) is 2.11. The van der Waals surface area contributed by atoms with Crippen molar-refractivity contribution in [3.8, 4) is 0 Å². The number of amides is 1. The lowest BCUT2D eigenvalue weighted by Gasteiger charge is -2.32. The fourth-order valence-electron chi connectivity index (χ4n) is 2.11. The Labute approximate surface area is 121 Å². The van der Waals surface area contributed by atoms with Gasteiger partial charge in [0.2, 0.25) is 5.91 Å². The maximum absolute atomic E-state index is 12.0. The molecular weight excluding hydrogens is 252 g/mol. The van der Waals surface area contributed by atoms with Crippen LogP contribution in [0, 0.1) is 0 Å². The van der Waals surface area contributed by atoms with Crippen LogP contribution in [0.25, 0.3) is 0 Å². The number of hydrogen-bond donors (Lipinski definition) is 2. The van der Waals surface area contributed by atoms with Gasteiger partial charge in [-0.3, -0.25) is 4.79 Å². The lowest BCUT2D eigenvalue weighted by Crippen LogP contribution is -2.52. The van der Waals surface area contributed by atoms with Gasteiger partial charge in [0.15, 0.2) is 0 Å². The van der Waals surface area contributed by atoms with Crippen LogP contribution in [0.1, 0.15) is 39.2 Å². The van der Waals surface area contributed by atoms with Gasteiger partial charge in [-0.25, -0.2) is 0 Å². The van der Waals surface area contributed by atoms with Crippen LogP contribution in [-0.2, 0) is 15.1 Å². The number of nitrogens with two attached hydrogens (primary N) is 1. The molecule has 0 bridgehead atoms. The van der Waals surface area contributed by atoms with E-state index < -0.39 is 5.54 Å². The molecule has 0 aliphatic rings. The Bertz CT molecular complexity index is 431. The molecule has 1 atom stereocenters. The van der Waals surface area contributed by atoms with Gasteiger partial charge in [0, 0.05) is 13.0 Å². The van der Waals surface area contributed by atoms with Crippen molar-refractivity contribution in [2.75, 3.05) is 13.7 Å². The summed E-state index contributed by atoms with van der Waals surface area (Å²) in [4.78, 5) is 12.0. The molecule has 0 heterocycles. The van der Waals surface area contributed by atoms with E-state index in [9.17, 15) is 4.79 Å². The Hall–Kier alpha value is -1.39. The minimum Gasteiger partial charge on any atom is -0.375 e. The van der Waals surface area contributed by atoms with Crippen molar-refractivity contribution in [1.29, 1.82) is 0 Å². The molecule has 112 valence electrons. The number of likely N-dealkylation sites (N-methyl/N-ethyl adjacent to an activating group) is 1.